The molecule has 1 saturated heterocycles. The summed E-state index contributed by atoms with van der Waals surface area (Å²) in [5, 5.41) is 0. The van der Waals surface area contributed by atoms with Crippen LogP contribution in [0, 0.1) is 5.92 Å². The lowest BCUT2D eigenvalue weighted by Gasteiger charge is -2.45. The molecule has 1 rings (SSSR count). The van der Waals surface area contributed by atoms with Crippen LogP contribution in [-0.2, 0) is 0 Å². The largest absolute Gasteiger partial charge is 0.300 e. The molecule has 0 aliphatic carbocycles. The van der Waals surface area contributed by atoms with E-state index in [0.29, 0.717) is 5.54 Å². The van der Waals surface area contributed by atoms with Crippen molar-refractivity contribution in [2.75, 3.05) is 39.0 Å². The predicted molar refractivity (Wildman–Crippen MR) is 75.4 cm³/mol. The van der Waals surface area contributed by atoms with Gasteiger partial charge in [-0.3, -0.25) is 4.90 Å². The molecule has 1 aliphatic rings. The molecule has 0 amide bonds. The number of rotatable bonds is 5. The molecule has 0 aromatic carbocycles. The van der Waals surface area contributed by atoms with Crippen LogP contribution in [0.2, 0.25) is 0 Å². The van der Waals surface area contributed by atoms with Gasteiger partial charge in [0, 0.05) is 25.2 Å². The van der Waals surface area contributed by atoms with Gasteiger partial charge in [-0.1, -0.05) is 6.92 Å². The van der Waals surface area contributed by atoms with Crippen molar-refractivity contribution < 1.29 is 0 Å². The highest BCUT2D eigenvalue weighted by Gasteiger charge is 2.30. The Kier molecular flexibility index (Phi) is 5.62. The Balaban J connectivity index is 2.29. The van der Waals surface area contributed by atoms with E-state index in [0.717, 1.165) is 11.7 Å². The minimum atomic E-state index is 0.338. The second-order valence-corrected chi connectivity index (χ2v) is 6.36. The molecular weight excluding hydrogens is 216 g/mol. The van der Waals surface area contributed by atoms with Crippen LogP contribution >= 0.6 is 12.6 Å². The van der Waals surface area contributed by atoms with Gasteiger partial charge in [0.2, 0.25) is 0 Å². The summed E-state index contributed by atoms with van der Waals surface area (Å²) in [5.41, 5.74) is 0.338. The molecule has 3 heteroatoms. The lowest BCUT2D eigenvalue weighted by atomic mass is 9.98. The molecule has 1 atom stereocenters. The summed E-state index contributed by atoms with van der Waals surface area (Å²) in [6.07, 6.45) is 2.57. The minimum absolute atomic E-state index is 0.338. The zero-order valence-electron chi connectivity index (χ0n) is 11.4. The van der Waals surface area contributed by atoms with Crippen LogP contribution < -0.4 is 0 Å². The molecule has 0 N–H and O–H groups in total. The first-order valence-corrected chi connectivity index (χ1v) is 7.13. The number of likely N-dealkylation sites (N-methyl/N-ethyl adjacent to an activating group) is 1. The van der Waals surface area contributed by atoms with Crippen molar-refractivity contribution in [2.24, 2.45) is 5.92 Å². The monoisotopic (exact) mass is 244 g/mol. The molecule has 96 valence electrons. The van der Waals surface area contributed by atoms with Gasteiger partial charge in [-0.2, -0.15) is 12.6 Å². The topological polar surface area (TPSA) is 6.48 Å². The Labute approximate surface area is 107 Å². The number of hydrogen-bond acceptors (Lipinski definition) is 3. The van der Waals surface area contributed by atoms with E-state index in [4.69, 9.17) is 0 Å². The molecule has 1 heterocycles. The van der Waals surface area contributed by atoms with Gasteiger partial charge in [0.15, 0.2) is 0 Å². The zero-order valence-corrected chi connectivity index (χ0v) is 12.3. The van der Waals surface area contributed by atoms with Crippen LogP contribution in [0.3, 0.4) is 0 Å². The number of piperazine rings is 1. The standard InChI is InChI=1S/C13H28N2S/c1-12(6-10-16)5-7-15-9-8-14(4)13(2,3)11-15/h12,16H,5-11H2,1-4H3. The van der Waals surface area contributed by atoms with Gasteiger partial charge in [-0.15, -0.1) is 0 Å². The molecule has 2 nitrogen and oxygen atoms in total. The molecular formula is C13H28N2S. The van der Waals surface area contributed by atoms with Crippen LogP contribution in [0.15, 0.2) is 0 Å². The van der Waals surface area contributed by atoms with Crippen LogP contribution in [0.1, 0.15) is 33.6 Å². The molecule has 0 aromatic heterocycles. The van der Waals surface area contributed by atoms with Crippen molar-refractivity contribution in [2.45, 2.75) is 39.2 Å². The van der Waals surface area contributed by atoms with Gasteiger partial charge in [0.25, 0.3) is 0 Å². The first-order chi connectivity index (χ1) is 7.45. The van der Waals surface area contributed by atoms with Gasteiger partial charge in [-0.25, -0.2) is 0 Å². The fraction of sp³-hybridized carbons (Fsp3) is 1.00. The average Bonchev–Trinajstić information content (AvgIpc) is 2.20. The Morgan fingerprint density at radius 2 is 1.94 bits per heavy atom. The van der Waals surface area contributed by atoms with E-state index in [1.807, 2.05) is 0 Å². The molecule has 0 aromatic rings. The Bertz CT molecular complexity index is 206. The maximum atomic E-state index is 4.30. The molecule has 1 unspecified atom stereocenters. The fourth-order valence-electron chi connectivity index (χ4n) is 2.30. The van der Waals surface area contributed by atoms with E-state index >= 15 is 0 Å². The molecule has 0 spiro atoms. The fourth-order valence-corrected chi connectivity index (χ4v) is 2.74. The van der Waals surface area contributed by atoms with Gasteiger partial charge >= 0.3 is 0 Å². The third kappa shape index (κ3) is 4.27. The van der Waals surface area contributed by atoms with Gasteiger partial charge in [-0.05, 0) is 52.0 Å². The number of thiol groups is 1. The van der Waals surface area contributed by atoms with Crippen molar-refractivity contribution in [1.29, 1.82) is 0 Å². The summed E-state index contributed by atoms with van der Waals surface area (Å²) < 4.78 is 0. The van der Waals surface area contributed by atoms with E-state index in [9.17, 15) is 0 Å². The van der Waals surface area contributed by atoms with Gasteiger partial charge in [0.1, 0.15) is 0 Å². The highest BCUT2D eigenvalue weighted by atomic mass is 32.1. The van der Waals surface area contributed by atoms with Crippen molar-refractivity contribution in [3.05, 3.63) is 0 Å². The number of nitrogens with zero attached hydrogens (tertiary/aromatic N) is 2. The lowest BCUT2D eigenvalue weighted by molar-refractivity contribution is 0.0376. The quantitative estimate of drug-likeness (QED) is 0.742. The Morgan fingerprint density at radius 1 is 1.25 bits per heavy atom. The highest BCUT2D eigenvalue weighted by molar-refractivity contribution is 7.80. The summed E-state index contributed by atoms with van der Waals surface area (Å²) in [5.74, 6) is 1.84. The molecule has 1 fully saturated rings. The van der Waals surface area contributed by atoms with Crippen LogP contribution in [-0.4, -0.2) is 54.3 Å². The first kappa shape index (κ1) is 14.3. The zero-order chi connectivity index (χ0) is 12.2. The van der Waals surface area contributed by atoms with Crippen molar-refractivity contribution >= 4 is 12.6 Å². The van der Waals surface area contributed by atoms with E-state index in [-0.39, 0.29) is 0 Å². The number of hydrogen-bond donors (Lipinski definition) is 1. The SMILES string of the molecule is CC(CCS)CCN1CCN(C)C(C)(C)C1. The Hall–Kier alpha value is 0.270. The van der Waals surface area contributed by atoms with Crippen molar-refractivity contribution in [3.8, 4) is 0 Å². The third-order valence-corrected chi connectivity index (χ3v) is 4.21. The minimum Gasteiger partial charge on any atom is -0.300 e. The van der Waals surface area contributed by atoms with E-state index < -0.39 is 0 Å². The maximum absolute atomic E-state index is 4.30. The van der Waals surface area contributed by atoms with Crippen LogP contribution in [0.25, 0.3) is 0 Å². The molecule has 1 aliphatic heterocycles. The van der Waals surface area contributed by atoms with Crippen LogP contribution in [0.5, 0.6) is 0 Å². The van der Waals surface area contributed by atoms with Crippen molar-refractivity contribution in [1.82, 2.24) is 9.80 Å². The molecule has 0 bridgehead atoms. The van der Waals surface area contributed by atoms with E-state index in [2.05, 4.69) is 50.2 Å². The molecule has 16 heavy (non-hydrogen) atoms. The molecule has 0 saturated carbocycles. The van der Waals surface area contributed by atoms with Crippen molar-refractivity contribution in [3.63, 3.8) is 0 Å². The smallest absolute Gasteiger partial charge is 0.0277 e. The first-order valence-electron chi connectivity index (χ1n) is 6.50. The molecule has 0 radical (unpaired) electrons. The summed E-state index contributed by atoms with van der Waals surface area (Å²) >= 11 is 4.30. The van der Waals surface area contributed by atoms with E-state index in [1.54, 1.807) is 0 Å². The maximum Gasteiger partial charge on any atom is 0.0277 e. The lowest BCUT2D eigenvalue weighted by Crippen LogP contribution is -2.57. The summed E-state index contributed by atoms with van der Waals surface area (Å²) in [4.78, 5) is 5.09. The van der Waals surface area contributed by atoms with Crippen LogP contribution in [0.4, 0.5) is 0 Å². The van der Waals surface area contributed by atoms with E-state index in [1.165, 1.54) is 39.0 Å². The average molecular weight is 244 g/mol. The normalized spacial score (nSPS) is 24.6. The summed E-state index contributed by atoms with van der Waals surface area (Å²) in [6, 6.07) is 0. The third-order valence-electron chi connectivity index (χ3n) is 3.96. The summed E-state index contributed by atoms with van der Waals surface area (Å²) in [6.45, 7) is 11.9. The van der Waals surface area contributed by atoms with Gasteiger partial charge < -0.3 is 4.90 Å². The van der Waals surface area contributed by atoms with Gasteiger partial charge in [0.05, 0.1) is 0 Å². The highest BCUT2D eigenvalue weighted by Crippen LogP contribution is 2.20. The summed E-state index contributed by atoms with van der Waals surface area (Å²) in [7, 11) is 2.24. The second-order valence-electron chi connectivity index (χ2n) is 5.92. The second kappa shape index (κ2) is 6.27. The Morgan fingerprint density at radius 3 is 2.50 bits per heavy atom. The predicted octanol–water partition coefficient (Wildman–Crippen LogP) is 2.36.